The SMILES string of the molecule is COc1ccccc1CNS(=O)(=O)c1nnc(NC(C)=O)s1. The van der Waals surface area contributed by atoms with Crippen molar-refractivity contribution in [3.05, 3.63) is 29.8 Å². The normalized spacial score (nSPS) is 11.2. The summed E-state index contributed by atoms with van der Waals surface area (Å²) in [5.41, 5.74) is 0.695. The van der Waals surface area contributed by atoms with Crippen LogP contribution in [0.4, 0.5) is 5.13 Å². The second-order valence-electron chi connectivity index (χ2n) is 4.19. The molecule has 1 aromatic heterocycles. The van der Waals surface area contributed by atoms with Gasteiger partial charge < -0.3 is 10.1 Å². The predicted octanol–water partition coefficient (Wildman–Crippen LogP) is 0.984. The lowest BCUT2D eigenvalue weighted by Crippen LogP contribution is -2.23. The Hall–Kier alpha value is -2.04. The molecule has 0 unspecified atom stereocenters. The van der Waals surface area contributed by atoms with Crippen LogP contribution in [0.5, 0.6) is 5.75 Å². The summed E-state index contributed by atoms with van der Waals surface area (Å²) in [5.74, 6) is 0.239. The summed E-state index contributed by atoms with van der Waals surface area (Å²) < 4.78 is 31.7. The minimum absolute atomic E-state index is 0.0569. The van der Waals surface area contributed by atoms with Gasteiger partial charge >= 0.3 is 0 Å². The van der Waals surface area contributed by atoms with Crippen molar-refractivity contribution in [3.8, 4) is 5.75 Å². The Morgan fingerprint density at radius 2 is 2.05 bits per heavy atom. The van der Waals surface area contributed by atoms with Crippen LogP contribution < -0.4 is 14.8 Å². The monoisotopic (exact) mass is 342 g/mol. The number of nitrogens with zero attached hydrogens (tertiary/aromatic N) is 2. The van der Waals surface area contributed by atoms with Crippen LogP contribution in [0.2, 0.25) is 0 Å². The molecular weight excluding hydrogens is 328 g/mol. The van der Waals surface area contributed by atoms with Gasteiger partial charge in [0.1, 0.15) is 5.75 Å². The highest BCUT2D eigenvalue weighted by molar-refractivity contribution is 7.91. The number of ether oxygens (including phenoxy) is 1. The van der Waals surface area contributed by atoms with Crippen LogP contribution in [0.25, 0.3) is 0 Å². The number of sulfonamides is 1. The Kier molecular flexibility index (Phi) is 5.06. The Morgan fingerprint density at radius 3 is 2.73 bits per heavy atom. The minimum atomic E-state index is -3.81. The fourth-order valence-electron chi connectivity index (χ4n) is 1.60. The van der Waals surface area contributed by atoms with Gasteiger partial charge in [-0.3, -0.25) is 4.79 Å². The van der Waals surface area contributed by atoms with Crippen LogP contribution in [-0.2, 0) is 21.4 Å². The van der Waals surface area contributed by atoms with Gasteiger partial charge in [0.25, 0.3) is 10.0 Å². The zero-order valence-electron chi connectivity index (χ0n) is 11.9. The van der Waals surface area contributed by atoms with Crippen LogP contribution in [0.3, 0.4) is 0 Å². The molecule has 10 heteroatoms. The number of carbonyl (C=O) groups excluding carboxylic acids is 1. The molecule has 0 radical (unpaired) electrons. The van der Waals surface area contributed by atoms with E-state index in [9.17, 15) is 13.2 Å². The van der Waals surface area contributed by atoms with Crippen molar-refractivity contribution < 1.29 is 17.9 Å². The van der Waals surface area contributed by atoms with E-state index in [0.717, 1.165) is 11.3 Å². The number of benzene rings is 1. The second kappa shape index (κ2) is 6.81. The molecule has 22 heavy (non-hydrogen) atoms. The first-order chi connectivity index (χ1) is 10.4. The zero-order valence-corrected chi connectivity index (χ0v) is 13.5. The van der Waals surface area contributed by atoms with E-state index in [0.29, 0.717) is 11.3 Å². The van der Waals surface area contributed by atoms with Gasteiger partial charge in [0, 0.05) is 19.0 Å². The molecule has 0 aliphatic rings. The van der Waals surface area contributed by atoms with E-state index in [-0.39, 0.29) is 21.9 Å². The largest absolute Gasteiger partial charge is 0.496 e. The maximum Gasteiger partial charge on any atom is 0.270 e. The molecule has 2 N–H and O–H groups in total. The molecule has 0 saturated heterocycles. The fourth-order valence-corrected chi connectivity index (χ4v) is 3.60. The lowest BCUT2D eigenvalue weighted by molar-refractivity contribution is -0.114. The number of carbonyl (C=O) groups is 1. The molecule has 0 atom stereocenters. The average Bonchev–Trinajstić information content (AvgIpc) is 2.94. The zero-order chi connectivity index (χ0) is 16.2. The first kappa shape index (κ1) is 16.3. The molecule has 0 spiro atoms. The van der Waals surface area contributed by atoms with Crippen molar-refractivity contribution in [3.63, 3.8) is 0 Å². The highest BCUT2D eigenvalue weighted by Crippen LogP contribution is 2.21. The number of hydrogen-bond acceptors (Lipinski definition) is 7. The maximum atomic E-state index is 12.1. The molecule has 1 aromatic carbocycles. The Morgan fingerprint density at radius 1 is 1.32 bits per heavy atom. The first-order valence-corrected chi connectivity index (χ1v) is 8.45. The molecular formula is C12H14N4O4S2. The second-order valence-corrected chi connectivity index (χ2v) is 7.11. The lowest BCUT2D eigenvalue weighted by Gasteiger charge is -2.08. The van der Waals surface area contributed by atoms with Crippen LogP contribution in [-0.4, -0.2) is 31.6 Å². The summed E-state index contributed by atoms with van der Waals surface area (Å²) in [7, 11) is -2.30. The van der Waals surface area contributed by atoms with E-state index >= 15 is 0 Å². The number of aromatic nitrogens is 2. The number of anilines is 1. The van der Waals surface area contributed by atoms with Crippen LogP contribution in [0.1, 0.15) is 12.5 Å². The summed E-state index contributed by atoms with van der Waals surface area (Å²) >= 11 is 0.777. The average molecular weight is 342 g/mol. The van der Waals surface area contributed by atoms with Crippen molar-refractivity contribution in [1.82, 2.24) is 14.9 Å². The molecule has 8 nitrogen and oxygen atoms in total. The summed E-state index contributed by atoms with van der Waals surface area (Å²) in [6.45, 7) is 1.36. The van der Waals surface area contributed by atoms with Gasteiger partial charge in [0.15, 0.2) is 0 Å². The van der Waals surface area contributed by atoms with E-state index in [1.165, 1.54) is 14.0 Å². The van der Waals surface area contributed by atoms with E-state index in [1.54, 1.807) is 24.3 Å². The van der Waals surface area contributed by atoms with Gasteiger partial charge in [0.2, 0.25) is 15.4 Å². The van der Waals surface area contributed by atoms with Crippen molar-refractivity contribution >= 4 is 32.4 Å². The van der Waals surface area contributed by atoms with E-state index in [1.807, 2.05) is 0 Å². The van der Waals surface area contributed by atoms with Gasteiger partial charge in [-0.05, 0) is 6.07 Å². The number of hydrogen-bond donors (Lipinski definition) is 2. The van der Waals surface area contributed by atoms with Gasteiger partial charge in [-0.25, -0.2) is 13.1 Å². The highest BCUT2D eigenvalue weighted by atomic mass is 32.2. The van der Waals surface area contributed by atoms with Crippen LogP contribution >= 0.6 is 11.3 Å². The van der Waals surface area contributed by atoms with Crippen molar-refractivity contribution in [2.24, 2.45) is 0 Å². The molecule has 0 bridgehead atoms. The van der Waals surface area contributed by atoms with Gasteiger partial charge in [-0.2, -0.15) is 0 Å². The molecule has 118 valence electrons. The number of rotatable bonds is 6. The smallest absolute Gasteiger partial charge is 0.270 e. The molecule has 1 amide bonds. The predicted molar refractivity (Wildman–Crippen MR) is 81.2 cm³/mol. The quantitative estimate of drug-likeness (QED) is 0.757. The standard InChI is InChI=1S/C12H14N4O4S2/c1-8(17)14-11-15-16-12(21-11)22(18,19)13-7-9-5-3-4-6-10(9)20-2/h3-6,13H,7H2,1-2H3,(H,14,15,17). The molecule has 0 aliphatic heterocycles. The first-order valence-electron chi connectivity index (χ1n) is 6.15. The maximum absolute atomic E-state index is 12.1. The van der Waals surface area contributed by atoms with Crippen molar-refractivity contribution in [2.75, 3.05) is 12.4 Å². The Balaban J connectivity index is 2.11. The molecule has 1 heterocycles. The van der Waals surface area contributed by atoms with Crippen molar-refractivity contribution in [1.29, 1.82) is 0 Å². The van der Waals surface area contributed by atoms with Crippen molar-refractivity contribution in [2.45, 2.75) is 17.8 Å². The molecule has 2 rings (SSSR count). The summed E-state index contributed by atoms with van der Waals surface area (Å²) in [5, 5.41) is 9.68. The minimum Gasteiger partial charge on any atom is -0.496 e. The Bertz CT molecular complexity index is 773. The third kappa shape index (κ3) is 4.00. The number of methoxy groups -OCH3 is 1. The number of amides is 1. The third-order valence-electron chi connectivity index (χ3n) is 2.56. The van der Waals surface area contributed by atoms with Gasteiger partial charge in [0.05, 0.1) is 7.11 Å². The van der Waals surface area contributed by atoms with E-state index in [2.05, 4.69) is 20.2 Å². The number of para-hydroxylation sites is 1. The molecule has 2 aromatic rings. The van der Waals surface area contributed by atoms with Crippen LogP contribution in [0, 0.1) is 0 Å². The summed E-state index contributed by atoms with van der Waals surface area (Å²) in [6.07, 6.45) is 0. The summed E-state index contributed by atoms with van der Waals surface area (Å²) in [6, 6.07) is 7.07. The third-order valence-corrected chi connectivity index (χ3v) is 5.17. The lowest BCUT2D eigenvalue weighted by atomic mass is 10.2. The van der Waals surface area contributed by atoms with Crippen LogP contribution in [0.15, 0.2) is 28.6 Å². The molecule has 0 aliphatic carbocycles. The summed E-state index contributed by atoms with van der Waals surface area (Å²) in [4.78, 5) is 10.9. The van der Waals surface area contributed by atoms with E-state index in [4.69, 9.17) is 4.74 Å². The molecule has 0 saturated carbocycles. The van der Waals surface area contributed by atoms with Gasteiger partial charge in [-0.1, -0.05) is 29.5 Å². The topological polar surface area (TPSA) is 110 Å². The number of nitrogens with one attached hydrogen (secondary N) is 2. The Labute approximate surface area is 131 Å². The fraction of sp³-hybridized carbons (Fsp3) is 0.250. The molecule has 0 fully saturated rings. The highest BCUT2D eigenvalue weighted by Gasteiger charge is 2.20. The van der Waals surface area contributed by atoms with Gasteiger partial charge in [-0.15, -0.1) is 10.2 Å². The van der Waals surface area contributed by atoms with E-state index < -0.39 is 10.0 Å².